The lowest BCUT2D eigenvalue weighted by molar-refractivity contribution is -0.120. The molecule has 0 heterocycles. The van der Waals surface area contributed by atoms with Gasteiger partial charge in [-0.05, 0) is 38.0 Å². The average Bonchev–Trinajstić information content (AvgIpc) is 3.29. The van der Waals surface area contributed by atoms with Crippen LogP contribution in [0.2, 0.25) is 0 Å². The molecular weight excluding hydrogens is 348 g/mol. The third-order valence-corrected chi connectivity index (χ3v) is 4.01. The number of rotatable bonds is 7. The second-order valence-corrected chi connectivity index (χ2v) is 7.64. The van der Waals surface area contributed by atoms with Gasteiger partial charge in [0.05, 0.1) is 19.1 Å². The number of anilines is 2. The molecule has 1 fully saturated rings. The number of carbonyl (C=O) groups excluding carboxylic acids is 2. The highest BCUT2D eigenvalue weighted by Gasteiger charge is 2.25. The first kappa shape index (κ1) is 18.8. The van der Waals surface area contributed by atoms with Crippen LogP contribution in [0.3, 0.4) is 0 Å². The molecule has 1 aromatic carbocycles. The Balaban J connectivity index is 2.01. The third-order valence-electron chi connectivity index (χ3n) is 3.42. The average molecular weight is 370 g/mol. The molecule has 1 saturated carbocycles. The number of imide groups is 1. The van der Waals surface area contributed by atoms with Crippen molar-refractivity contribution in [3.63, 3.8) is 0 Å². The van der Waals surface area contributed by atoms with Crippen LogP contribution in [0.5, 0.6) is 5.75 Å². The van der Waals surface area contributed by atoms with Gasteiger partial charge in [0.25, 0.3) is 0 Å². The number of nitrogens with one attached hydrogen (secondary N) is 4. The SMILES string of the molecule is COc1ccc(N[C@@H](C)C(=O)NC(=O)NC2CC2)cc1NS(C)(=O)=O. The number of methoxy groups -OCH3 is 1. The summed E-state index contributed by atoms with van der Waals surface area (Å²) in [6.45, 7) is 1.59. The Morgan fingerprint density at radius 3 is 2.52 bits per heavy atom. The Labute approximate surface area is 146 Å². The maximum absolute atomic E-state index is 12.0. The predicted molar refractivity (Wildman–Crippen MR) is 94.2 cm³/mol. The van der Waals surface area contributed by atoms with Gasteiger partial charge in [-0.1, -0.05) is 0 Å². The van der Waals surface area contributed by atoms with Crippen LogP contribution in [0, 0.1) is 0 Å². The summed E-state index contributed by atoms with van der Waals surface area (Å²) in [5, 5.41) is 7.83. The maximum atomic E-state index is 12.0. The summed E-state index contributed by atoms with van der Waals surface area (Å²) in [5.74, 6) is -0.150. The number of carbonyl (C=O) groups is 2. The maximum Gasteiger partial charge on any atom is 0.321 e. The van der Waals surface area contributed by atoms with Crippen molar-refractivity contribution in [3.05, 3.63) is 18.2 Å². The molecule has 0 aromatic heterocycles. The smallest absolute Gasteiger partial charge is 0.321 e. The van der Waals surface area contributed by atoms with Crippen molar-refractivity contribution >= 4 is 33.3 Å². The lowest BCUT2D eigenvalue weighted by Gasteiger charge is -2.17. The highest BCUT2D eigenvalue weighted by molar-refractivity contribution is 7.92. The minimum atomic E-state index is -3.48. The van der Waals surface area contributed by atoms with E-state index in [0.717, 1.165) is 19.1 Å². The van der Waals surface area contributed by atoms with E-state index in [1.807, 2.05) is 0 Å². The van der Waals surface area contributed by atoms with E-state index in [1.165, 1.54) is 13.2 Å². The first-order valence-electron chi connectivity index (χ1n) is 7.71. The summed E-state index contributed by atoms with van der Waals surface area (Å²) >= 11 is 0. The fraction of sp³-hybridized carbons (Fsp3) is 0.467. The number of ether oxygens (including phenoxy) is 1. The molecule has 0 unspecified atom stereocenters. The van der Waals surface area contributed by atoms with E-state index in [1.54, 1.807) is 19.1 Å². The van der Waals surface area contributed by atoms with Gasteiger partial charge in [-0.3, -0.25) is 14.8 Å². The second-order valence-electron chi connectivity index (χ2n) is 5.89. The summed E-state index contributed by atoms with van der Waals surface area (Å²) < 4.78 is 30.3. The van der Waals surface area contributed by atoms with Crippen molar-refractivity contribution in [2.24, 2.45) is 0 Å². The summed E-state index contributed by atoms with van der Waals surface area (Å²) in [7, 11) is -2.06. The molecule has 0 spiro atoms. The van der Waals surface area contributed by atoms with E-state index in [4.69, 9.17) is 4.74 Å². The number of amides is 3. The van der Waals surface area contributed by atoms with Gasteiger partial charge in [0.2, 0.25) is 15.9 Å². The normalized spacial score (nSPS) is 15.0. The van der Waals surface area contributed by atoms with Gasteiger partial charge < -0.3 is 15.4 Å². The minimum Gasteiger partial charge on any atom is -0.495 e. The van der Waals surface area contributed by atoms with Gasteiger partial charge in [0.1, 0.15) is 11.8 Å². The highest BCUT2D eigenvalue weighted by Crippen LogP contribution is 2.28. The van der Waals surface area contributed by atoms with Gasteiger partial charge in [-0.15, -0.1) is 0 Å². The Morgan fingerprint density at radius 1 is 1.28 bits per heavy atom. The zero-order valence-electron chi connectivity index (χ0n) is 14.3. The topological polar surface area (TPSA) is 126 Å². The van der Waals surface area contributed by atoms with Gasteiger partial charge in [0.15, 0.2) is 0 Å². The quantitative estimate of drug-likeness (QED) is 0.564. The number of hydrogen-bond donors (Lipinski definition) is 4. The van der Waals surface area contributed by atoms with Crippen LogP contribution in [-0.4, -0.2) is 45.8 Å². The van der Waals surface area contributed by atoms with Gasteiger partial charge >= 0.3 is 6.03 Å². The van der Waals surface area contributed by atoms with E-state index in [-0.39, 0.29) is 11.7 Å². The van der Waals surface area contributed by atoms with Crippen LogP contribution in [0.15, 0.2) is 18.2 Å². The lowest BCUT2D eigenvalue weighted by Crippen LogP contribution is -2.46. The van der Waals surface area contributed by atoms with Crippen LogP contribution in [-0.2, 0) is 14.8 Å². The van der Waals surface area contributed by atoms with Crippen molar-refractivity contribution < 1.29 is 22.7 Å². The first-order chi connectivity index (χ1) is 11.7. The summed E-state index contributed by atoms with van der Waals surface area (Å²) in [5.41, 5.74) is 0.742. The number of hydrogen-bond acceptors (Lipinski definition) is 6. The van der Waals surface area contributed by atoms with Gasteiger partial charge in [-0.2, -0.15) is 0 Å². The monoisotopic (exact) mass is 370 g/mol. The zero-order valence-corrected chi connectivity index (χ0v) is 15.1. The highest BCUT2D eigenvalue weighted by atomic mass is 32.2. The third kappa shape index (κ3) is 6.14. The van der Waals surface area contributed by atoms with Gasteiger partial charge in [0, 0.05) is 11.7 Å². The van der Waals surface area contributed by atoms with Crippen molar-refractivity contribution in [2.45, 2.75) is 31.8 Å². The standard InChI is InChI=1S/C15H22N4O5S/c1-9(14(20)18-15(21)17-10-4-5-10)16-11-6-7-13(24-2)12(8-11)19-25(3,22)23/h6-10,16,19H,4-5H2,1-3H3,(H2,17,18,20,21)/t9-/m0/s1. The van der Waals surface area contributed by atoms with Crippen LogP contribution >= 0.6 is 0 Å². The molecule has 9 nitrogen and oxygen atoms in total. The molecule has 1 atom stereocenters. The molecule has 1 aromatic rings. The fourth-order valence-electron chi connectivity index (χ4n) is 2.06. The van der Waals surface area contributed by atoms with E-state index in [9.17, 15) is 18.0 Å². The van der Waals surface area contributed by atoms with E-state index in [0.29, 0.717) is 11.4 Å². The Kier molecular flexibility index (Phi) is 5.73. The molecule has 138 valence electrons. The van der Waals surface area contributed by atoms with Crippen molar-refractivity contribution in [1.82, 2.24) is 10.6 Å². The molecule has 3 amide bonds. The molecule has 0 aliphatic heterocycles. The molecule has 1 aliphatic rings. The Morgan fingerprint density at radius 2 is 1.96 bits per heavy atom. The second kappa shape index (κ2) is 7.60. The molecule has 1 aliphatic carbocycles. The van der Waals surface area contributed by atoms with Crippen LogP contribution < -0.4 is 25.4 Å². The van der Waals surface area contributed by atoms with Crippen LogP contribution in [0.25, 0.3) is 0 Å². The minimum absolute atomic E-state index is 0.155. The Bertz CT molecular complexity index is 761. The van der Waals surface area contributed by atoms with E-state index < -0.39 is 28.0 Å². The van der Waals surface area contributed by atoms with Crippen molar-refractivity contribution in [2.75, 3.05) is 23.4 Å². The fourth-order valence-corrected chi connectivity index (χ4v) is 2.62. The van der Waals surface area contributed by atoms with Crippen LogP contribution in [0.4, 0.5) is 16.2 Å². The zero-order chi connectivity index (χ0) is 18.6. The number of urea groups is 1. The number of benzene rings is 1. The molecule has 25 heavy (non-hydrogen) atoms. The van der Waals surface area contributed by atoms with Gasteiger partial charge in [-0.25, -0.2) is 13.2 Å². The summed E-state index contributed by atoms with van der Waals surface area (Å²) in [6, 6.07) is 3.65. The summed E-state index contributed by atoms with van der Waals surface area (Å²) in [4.78, 5) is 23.6. The molecule has 0 bridgehead atoms. The van der Waals surface area contributed by atoms with Crippen molar-refractivity contribution in [1.29, 1.82) is 0 Å². The van der Waals surface area contributed by atoms with E-state index in [2.05, 4.69) is 20.7 Å². The first-order valence-corrected chi connectivity index (χ1v) is 9.61. The molecule has 0 radical (unpaired) electrons. The van der Waals surface area contributed by atoms with Crippen LogP contribution in [0.1, 0.15) is 19.8 Å². The number of sulfonamides is 1. The van der Waals surface area contributed by atoms with Crippen molar-refractivity contribution in [3.8, 4) is 5.75 Å². The molecule has 2 rings (SSSR count). The Hall–Kier alpha value is -2.49. The molecule has 10 heteroatoms. The molecule has 0 saturated heterocycles. The largest absolute Gasteiger partial charge is 0.495 e. The molecular formula is C15H22N4O5S. The molecule has 4 N–H and O–H groups in total. The predicted octanol–water partition coefficient (Wildman–Crippen LogP) is 0.855. The van der Waals surface area contributed by atoms with E-state index >= 15 is 0 Å². The summed E-state index contributed by atoms with van der Waals surface area (Å²) in [6.07, 6.45) is 2.88. The lowest BCUT2D eigenvalue weighted by atomic mass is 10.2.